The highest BCUT2D eigenvalue weighted by atomic mass is 19.2. The molecule has 200 valence electrons. The fraction of sp³-hybridized carbons (Fsp3) is 0.290. The van der Waals surface area contributed by atoms with Gasteiger partial charge >= 0.3 is 0 Å². The smallest absolute Gasteiger partial charge is 0.200 e. The molecule has 0 amide bonds. The Morgan fingerprint density at radius 3 is 1.95 bits per heavy atom. The summed E-state index contributed by atoms with van der Waals surface area (Å²) >= 11 is 0. The van der Waals surface area contributed by atoms with Crippen LogP contribution in [0.5, 0.6) is 5.75 Å². The van der Waals surface area contributed by atoms with E-state index in [1.54, 1.807) is 12.1 Å². The van der Waals surface area contributed by atoms with Crippen molar-refractivity contribution in [1.82, 2.24) is 0 Å². The zero-order chi connectivity index (χ0) is 27.4. The first-order valence-electron chi connectivity index (χ1n) is 12.6. The molecule has 0 spiro atoms. The average Bonchev–Trinajstić information content (AvgIpc) is 2.92. The van der Waals surface area contributed by atoms with E-state index in [9.17, 15) is 31.4 Å². The second-order valence-corrected chi connectivity index (χ2v) is 9.58. The van der Waals surface area contributed by atoms with Crippen LogP contribution in [-0.2, 0) is 12.8 Å². The summed E-state index contributed by atoms with van der Waals surface area (Å²) in [5.41, 5.74) is 0.539. The largest absolute Gasteiger partial charge is 0.505 e. The molecule has 7 heteroatoms. The number of benzene rings is 3. The van der Waals surface area contributed by atoms with E-state index in [-0.39, 0.29) is 23.5 Å². The van der Waals surface area contributed by atoms with E-state index in [1.807, 2.05) is 25.2 Å². The molecule has 1 aliphatic rings. The standard InChI is InChI=1S/C31H28F6O/c1-2-3-4-5-20-12-14-22(28(34)26(20)32)19-9-6-18(7-10-19)8-11-21-13-15-23(29(35)27(21)33)24-16-17-25(38)31(37)30(24)36/h2-3,9,12-18,38H,4-8,10-11H2,1H3/b3-2+. The number of rotatable bonds is 8. The Kier molecular flexibility index (Phi) is 8.65. The second kappa shape index (κ2) is 11.9. The molecule has 0 bridgehead atoms. The maximum Gasteiger partial charge on any atom is 0.200 e. The lowest BCUT2D eigenvalue weighted by molar-refractivity contribution is 0.407. The number of hydrogen-bond donors (Lipinski definition) is 1. The van der Waals surface area contributed by atoms with Gasteiger partial charge < -0.3 is 5.11 Å². The van der Waals surface area contributed by atoms with Crippen molar-refractivity contribution in [2.45, 2.75) is 51.9 Å². The first-order valence-corrected chi connectivity index (χ1v) is 12.6. The summed E-state index contributed by atoms with van der Waals surface area (Å²) in [5, 5.41) is 9.26. The third kappa shape index (κ3) is 5.66. The molecule has 1 unspecified atom stereocenters. The Morgan fingerprint density at radius 1 is 0.737 bits per heavy atom. The molecule has 3 aromatic rings. The quantitative estimate of drug-likeness (QED) is 0.227. The topological polar surface area (TPSA) is 20.2 Å². The minimum absolute atomic E-state index is 0.113. The highest BCUT2D eigenvalue weighted by molar-refractivity contribution is 5.68. The third-order valence-corrected chi connectivity index (χ3v) is 7.18. The van der Waals surface area contributed by atoms with E-state index >= 15 is 0 Å². The predicted octanol–water partition coefficient (Wildman–Crippen LogP) is 9.22. The summed E-state index contributed by atoms with van der Waals surface area (Å²) in [6, 6.07) is 7.66. The molecule has 3 aromatic carbocycles. The number of halogens is 6. The first-order chi connectivity index (χ1) is 18.2. The molecule has 0 aromatic heterocycles. The minimum atomic E-state index is -1.53. The van der Waals surface area contributed by atoms with E-state index in [1.165, 1.54) is 12.1 Å². The second-order valence-electron chi connectivity index (χ2n) is 9.58. The van der Waals surface area contributed by atoms with E-state index < -0.39 is 51.8 Å². The number of aryl methyl sites for hydroxylation is 2. The SMILES string of the molecule is C/C=C/CCc1ccc(C2=CCC(CCc3ccc(-c4ccc(O)c(F)c4F)c(F)c3F)CC2)c(F)c1F. The Balaban J connectivity index is 1.42. The highest BCUT2D eigenvalue weighted by Crippen LogP contribution is 2.36. The maximum atomic E-state index is 14.8. The molecule has 0 saturated carbocycles. The van der Waals surface area contributed by atoms with Gasteiger partial charge in [-0.2, -0.15) is 4.39 Å². The molecule has 4 rings (SSSR count). The van der Waals surface area contributed by atoms with Gasteiger partial charge in [0.25, 0.3) is 0 Å². The number of hydrogen-bond acceptors (Lipinski definition) is 1. The molecule has 1 atom stereocenters. The van der Waals surface area contributed by atoms with Crippen LogP contribution in [0.3, 0.4) is 0 Å². The summed E-state index contributed by atoms with van der Waals surface area (Å²) in [7, 11) is 0. The van der Waals surface area contributed by atoms with Crippen molar-refractivity contribution in [1.29, 1.82) is 0 Å². The maximum absolute atomic E-state index is 14.8. The van der Waals surface area contributed by atoms with Crippen LogP contribution in [-0.4, -0.2) is 5.11 Å². The Morgan fingerprint density at radius 2 is 1.32 bits per heavy atom. The summed E-state index contributed by atoms with van der Waals surface area (Å²) in [6.07, 6.45) is 9.32. The van der Waals surface area contributed by atoms with Gasteiger partial charge in [0, 0.05) is 16.7 Å². The lowest BCUT2D eigenvalue weighted by atomic mass is 9.83. The van der Waals surface area contributed by atoms with E-state index in [0.29, 0.717) is 44.1 Å². The summed E-state index contributed by atoms with van der Waals surface area (Å²) in [5.74, 6) is -7.82. The third-order valence-electron chi connectivity index (χ3n) is 7.18. The van der Waals surface area contributed by atoms with Gasteiger partial charge in [0.05, 0.1) is 0 Å². The Labute approximate surface area is 218 Å². The van der Waals surface area contributed by atoms with Gasteiger partial charge in [0.2, 0.25) is 5.82 Å². The van der Waals surface area contributed by atoms with Gasteiger partial charge in [0.1, 0.15) is 0 Å². The molecule has 0 saturated heterocycles. The van der Waals surface area contributed by atoms with Crippen LogP contribution in [0, 0.1) is 40.8 Å². The van der Waals surface area contributed by atoms with Gasteiger partial charge in [-0.1, -0.05) is 42.5 Å². The van der Waals surface area contributed by atoms with Crippen LogP contribution in [0.1, 0.15) is 55.7 Å². The van der Waals surface area contributed by atoms with Gasteiger partial charge in [-0.3, -0.25) is 0 Å². The summed E-state index contributed by atoms with van der Waals surface area (Å²) in [4.78, 5) is 0. The molecule has 1 aliphatic carbocycles. The van der Waals surface area contributed by atoms with Crippen molar-refractivity contribution < 1.29 is 31.4 Å². The molecular weight excluding hydrogens is 502 g/mol. The molecule has 1 nitrogen and oxygen atoms in total. The molecule has 38 heavy (non-hydrogen) atoms. The molecule has 0 aliphatic heterocycles. The fourth-order valence-electron chi connectivity index (χ4n) is 4.93. The Hall–Kier alpha value is -3.48. The van der Waals surface area contributed by atoms with Crippen LogP contribution < -0.4 is 0 Å². The lowest BCUT2D eigenvalue weighted by Crippen LogP contribution is -2.09. The van der Waals surface area contributed by atoms with E-state index in [0.717, 1.165) is 17.7 Å². The van der Waals surface area contributed by atoms with Gasteiger partial charge in [-0.15, -0.1) is 0 Å². The molecule has 1 N–H and O–H groups in total. The number of phenolic OH excluding ortho intramolecular Hbond substituents is 1. The van der Waals surface area contributed by atoms with Crippen LogP contribution in [0.2, 0.25) is 0 Å². The van der Waals surface area contributed by atoms with Crippen molar-refractivity contribution >= 4 is 5.57 Å². The average molecular weight is 531 g/mol. The normalized spacial score (nSPS) is 15.8. The summed E-state index contributed by atoms with van der Waals surface area (Å²) < 4.78 is 86.7. The van der Waals surface area contributed by atoms with Crippen molar-refractivity contribution in [3.05, 3.63) is 106 Å². The van der Waals surface area contributed by atoms with E-state index in [2.05, 4.69) is 0 Å². The monoisotopic (exact) mass is 530 g/mol. The Bertz CT molecular complexity index is 1390. The fourth-order valence-corrected chi connectivity index (χ4v) is 4.93. The predicted molar refractivity (Wildman–Crippen MR) is 137 cm³/mol. The van der Waals surface area contributed by atoms with Crippen molar-refractivity contribution in [2.24, 2.45) is 5.92 Å². The molecule has 0 radical (unpaired) electrons. The van der Waals surface area contributed by atoms with Crippen molar-refractivity contribution in [3.8, 4) is 16.9 Å². The van der Waals surface area contributed by atoms with Gasteiger partial charge in [0.15, 0.2) is 34.8 Å². The van der Waals surface area contributed by atoms with E-state index in [4.69, 9.17) is 0 Å². The highest BCUT2D eigenvalue weighted by Gasteiger charge is 2.23. The number of aromatic hydroxyl groups is 1. The number of allylic oxidation sites excluding steroid dienone is 4. The minimum Gasteiger partial charge on any atom is -0.505 e. The van der Waals surface area contributed by atoms with Crippen LogP contribution in [0.25, 0.3) is 16.7 Å². The first kappa shape index (κ1) is 27.6. The van der Waals surface area contributed by atoms with Crippen molar-refractivity contribution in [3.63, 3.8) is 0 Å². The molecular formula is C31H28F6O. The van der Waals surface area contributed by atoms with Crippen LogP contribution in [0.15, 0.2) is 54.6 Å². The van der Waals surface area contributed by atoms with Crippen LogP contribution >= 0.6 is 0 Å². The lowest BCUT2D eigenvalue weighted by Gasteiger charge is -2.23. The van der Waals surface area contributed by atoms with Crippen molar-refractivity contribution in [2.75, 3.05) is 0 Å². The van der Waals surface area contributed by atoms with Gasteiger partial charge in [-0.25, -0.2) is 22.0 Å². The van der Waals surface area contributed by atoms with Crippen LogP contribution in [0.4, 0.5) is 26.3 Å². The summed E-state index contributed by atoms with van der Waals surface area (Å²) in [6.45, 7) is 1.87. The number of phenols is 1. The molecule has 0 fully saturated rings. The molecule has 0 heterocycles. The van der Waals surface area contributed by atoms with Gasteiger partial charge in [-0.05, 0) is 86.6 Å². The zero-order valence-electron chi connectivity index (χ0n) is 20.9. The zero-order valence-corrected chi connectivity index (χ0v) is 20.9.